The van der Waals surface area contributed by atoms with Gasteiger partial charge in [0, 0.05) is 24.2 Å². The first-order valence-electron chi connectivity index (χ1n) is 22.6. The topological polar surface area (TPSA) is 6.48 Å². The highest BCUT2D eigenvalue weighted by Crippen LogP contribution is 2.58. The fourth-order valence-corrected chi connectivity index (χ4v) is 13.2. The molecular weight excluding hydrogens is 746 g/mol. The van der Waals surface area contributed by atoms with E-state index in [9.17, 15) is 0 Å². The number of hydrogen-bond acceptors (Lipinski definition) is 2. The van der Waals surface area contributed by atoms with Crippen LogP contribution >= 0.6 is 0 Å². The van der Waals surface area contributed by atoms with Crippen LogP contribution in [-0.4, -0.2) is 13.4 Å². The van der Waals surface area contributed by atoms with E-state index in [2.05, 4.69) is 187 Å². The summed E-state index contributed by atoms with van der Waals surface area (Å²) in [4.78, 5) is 5.47. The second-order valence-corrected chi connectivity index (χ2v) is 19.3. The smallest absolute Gasteiger partial charge is 0.247 e. The predicted molar refractivity (Wildman–Crippen MR) is 266 cm³/mol. The van der Waals surface area contributed by atoms with E-state index in [1.54, 1.807) is 0 Å². The lowest BCUT2D eigenvalue weighted by Gasteiger charge is -2.50. The minimum atomic E-state index is 0.0841. The molecule has 0 spiro atoms. The first-order valence-corrected chi connectivity index (χ1v) is 22.6. The zero-order valence-electron chi connectivity index (χ0n) is 37.0. The quantitative estimate of drug-likeness (QED) is 0.161. The van der Waals surface area contributed by atoms with Crippen LogP contribution in [-0.2, 0) is 12.8 Å². The second kappa shape index (κ2) is 12.5. The molecule has 3 heterocycles. The Bertz CT molecular complexity index is 3100. The van der Waals surface area contributed by atoms with Gasteiger partial charge in [-0.25, -0.2) is 0 Å². The van der Waals surface area contributed by atoms with Gasteiger partial charge in [-0.3, -0.25) is 0 Å². The summed E-state index contributed by atoms with van der Waals surface area (Å²) in [5, 5.41) is 0. The molecule has 0 saturated carbocycles. The van der Waals surface area contributed by atoms with Crippen molar-refractivity contribution in [1.29, 1.82) is 0 Å². The molecule has 0 amide bonds. The van der Waals surface area contributed by atoms with Gasteiger partial charge < -0.3 is 9.80 Å². The molecule has 0 N–H and O–H groups in total. The monoisotopic (exact) mass is 794 g/mol. The van der Waals surface area contributed by atoms with Crippen LogP contribution in [0.2, 0.25) is 0 Å². The number of benzene rings is 8. The standard InChI is InChI=1S/C58H48B2N2/c1-31-15-17-41-39(27-31)29-45-43(41)19-21-49-55(45)61-51-13-9-12-48-58(51)62(52-14-10-11-47(57(52)61)59(49)53-35(5)23-33(3)24-36(53)6)56-46-30-40-28-32(2)16-18-42(40)44(46)20-22-50(56)60(48)54-37(7)25-34(4)26-38(54)8/h9-28H,29-30H2,1-8H3. The van der Waals surface area contributed by atoms with Gasteiger partial charge in [0.25, 0.3) is 0 Å². The van der Waals surface area contributed by atoms with Crippen LogP contribution in [0.4, 0.5) is 34.1 Å². The molecule has 296 valence electrons. The first-order chi connectivity index (χ1) is 30.0. The third-order valence-corrected chi connectivity index (χ3v) is 15.2. The zero-order chi connectivity index (χ0) is 42.0. The molecule has 0 bridgehead atoms. The Balaban J connectivity index is 1.16. The molecule has 0 saturated heterocycles. The Morgan fingerprint density at radius 1 is 0.355 bits per heavy atom. The minimum Gasteiger partial charge on any atom is -0.307 e. The van der Waals surface area contributed by atoms with Crippen LogP contribution in [0, 0.1) is 55.4 Å². The molecule has 0 unspecified atom stereocenters. The average Bonchev–Trinajstić information content (AvgIpc) is 3.79. The maximum Gasteiger partial charge on any atom is 0.247 e. The van der Waals surface area contributed by atoms with Gasteiger partial charge in [-0.05, 0) is 134 Å². The highest BCUT2D eigenvalue weighted by Gasteiger charge is 2.49. The van der Waals surface area contributed by atoms with Gasteiger partial charge in [0.1, 0.15) is 0 Å². The van der Waals surface area contributed by atoms with Gasteiger partial charge in [0.05, 0.1) is 22.7 Å². The highest BCUT2D eigenvalue weighted by molar-refractivity contribution is 7.00. The minimum absolute atomic E-state index is 0.0841. The van der Waals surface area contributed by atoms with Crippen molar-refractivity contribution < 1.29 is 0 Å². The van der Waals surface area contributed by atoms with E-state index in [-0.39, 0.29) is 13.4 Å². The predicted octanol–water partition coefficient (Wildman–Crippen LogP) is 10.2. The van der Waals surface area contributed by atoms with E-state index in [0.29, 0.717) is 0 Å². The van der Waals surface area contributed by atoms with Crippen LogP contribution in [0.5, 0.6) is 0 Å². The van der Waals surface area contributed by atoms with Crippen molar-refractivity contribution in [3.05, 3.63) is 188 Å². The summed E-state index contributed by atoms with van der Waals surface area (Å²) in [6.07, 6.45) is 1.86. The molecule has 4 heteroatoms. The molecule has 2 aliphatic carbocycles. The van der Waals surface area contributed by atoms with Gasteiger partial charge in [0.15, 0.2) is 0 Å². The lowest BCUT2D eigenvalue weighted by molar-refractivity contribution is 1.14. The molecule has 3 aliphatic heterocycles. The Labute approximate surface area is 367 Å². The zero-order valence-corrected chi connectivity index (χ0v) is 37.0. The van der Waals surface area contributed by atoms with Gasteiger partial charge in [0.2, 0.25) is 13.4 Å². The normalized spacial score (nSPS) is 14.2. The Hall–Kier alpha value is -6.51. The third kappa shape index (κ3) is 4.68. The number of fused-ring (bicyclic) bond motifs is 14. The van der Waals surface area contributed by atoms with Crippen molar-refractivity contribution >= 4 is 80.3 Å². The Morgan fingerprint density at radius 2 is 0.726 bits per heavy atom. The molecule has 13 rings (SSSR count). The number of nitrogens with zero attached hydrogens (tertiary/aromatic N) is 2. The summed E-state index contributed by atoms with van der Waals surface area (Å²) in [6.45, 7) is 18.5. The van der Waals surface area contributed by atoms with E-state index in [1.807, 2.05) is 0 Å². The van der Waals surface area contributed by atoms with Gasteiger partial charge >= 0.3 is 0 Å². The molecule has 0 atom stereocenters. The highest BCUT2D eigenvalue weighted by atomic mass is 15.3. The molecule has 0 radical (unpaired) electrons. The van der Waals surface area contributed by atoms with Crippen LogP contribution in [0.3, 0.4) is 0 Å². The van der Waals surface area contributed by atoms with E-state index < -0.39 is 0 Å². The number of para-hydroxylation sites is 2. The van der Waals surface area contributed by atoms with Crippen LogP contribution in [0.25, 0.3) is 22.3 Å². The molecule has 62 heavy (non-hydrogen) atoms. The Kier molecular flexibility index (Phi) is 7.32. The van der Waals surface area contributed by atoms with E-state index in [0.717, 1.165) is 12.8 Å². The van der Waals surface area contributed by atoms with E-state index in [1.165, 1.54) is 156 Å². The summed E-state index contributed by atoms with van der Waals surface area (Å²) in [5.74, 6) is 0. The lowest BCUT2D eigenvalue weighted by Crippen LogP contribution is -2.62. The maximum atomic E-state index is 2.74. The van der Waals surface area contributed by atoms with E-state index >= 15 is 0 Å². The second-order valence-electron chi connectivity index (χ2n) is 19.3. The number of hydrogen-bond donors (Lipinski definition) is 0. The molecule has 0 fully saturated rings. The van der Waals surface area contributed by atoms with Crippen molar-refractivity contribution in [3.8, 4) is 22.3 Å². The molecule has 8 aromatic carbocycles. The maximum absolute atomic E-state index is 2.74. The van der Waals surface area contributed by atoms with Crippen LogP contribution in [0.15, 0.2) is 121 Å². The Morgan fingerprint density at radius 3 is 1.13 bits per heavy atom. The van der Waals surface area contributed by atoms with Gasteiger partial charge in [-0.15, -0.1) is 0 Å². The molecular formula is C58H48B2N2. The summed E-state index contributed by atoms with van der Waals surface area (Å²) < 4.78 is 0. The lowest BCUT2D eigenvalue weighted by atomic mass is 9.32. The fourth-order valence-electron chi connectivity index (χ4n) is 13.2. The molecule has 2 nitrogen and oxygen atoms in total. The number of aryl methyl sites for hydroxylation is 8. The van der Waals surface area contributed by atoms with E-state index in [4.69, 9.17) is 0 Å². The van der Waals surface area contributed by atoms with Crippen molar-refractivity contribution in [2.75, 3.05) is 9.80 Å². The molecule has 8 aromatic rings. The van der Waals surface area contributed by atoms with Crippen molar-refractivity contribution in [2.45, 2.75) is 68.2 Å². The van der Waals surface area contributed by atoms with Crippen molar-refractivity contribution in [1.82, 2.24) is 0 Å². The third-order valence-electron chi connectivity index (χ3n) is 15.2. The first kappa shape index (κ1) is 36.2. The fraction of sp³-hybridized carbons (Fsp3) is 0.172. The van der Waals surface area contributed by atoms with Crippen LogP contribution in [0.1, 0.15) is 66.8 Å². The van der Waals surface area contributed by atoms with Crippen LogP contribution < -0.4 is 42.6 Å². The number of rotatable bonds is 2. The summed E-state index contributed by atoms with van der Waals surface area (Å²) in [7, 11) is 0. The average molecular weight is 795 g/mol. The summed E-state index contributed by atoms with van der Waals surface area (Å²) in [6, 6.07) is 48.1. The largest absolute Gasteiger partial charge is 0.307 e. The van der Waals surface area contributed by atoms with Gasteiger partial charge in [-0.2, -0.15) is 0 Å². The molecule has 0 aromatic heterocycles. The summed E-state index contributed by atoms with van der Waals surface area (Å²) >= 11 is 0. The van der Waals surface area contributed by atoms with Crippen molar-refractivity contribution in [3.63, 3.8) is 0 Å². The van der Waals surface area contributed by atoms with Crippen molar-refractivity contribution in [2.24, 2.45) is 0 Å². The molecule has 5 aliphatic rings. The summed E-state index contributed by atoms with van der Waals surface area (Å²) in [5.41, 5.74) is 38.4. The number of anilines is 6. The van der Waals surface area contributed by atoms with Gasteiger partial charge in [-0.1, -0.05) is 165 Å². The SMILES string of the molecule is Cc1cc(C)c(B2c3cccc4c3N(c3cccc5c3N4c3c(ccc4c3Cc3cc(C)ccc3-4)B5c3c(C)cc(C)cc3C)c3c2ccc2c3Cc3cc(C)ccc3-2)c(C)c1.